The first-order chi connectivity index (χ1) is 15.0. The molecule has 0 unspecified atom stereocenters. The van der Waals surface area contributed by atoms with Crippen LogP contribution < -0.4 is 10.2 Å². The highest BCUT2D eigenvalue weighted by Crippen LogP contribution is 2.21. The summed E-state index contributed by atoms with van der Waals surface area (Å²) in [6.07, 6.45) is 2.62. The van der Waals surface area contributed by atoms with Crippen LogP contribution in [0.15, 0.2) is 42.7 Å². The van der Waals surface area contributed by atoms with Gasteiger partial charge in [-0.15, -0.1) is 5.10 Å². The van der Waals surface area contributed by atoms with Gasteiger partial charge in [0.1, 0.15) is 18.2 Å². The summed E-state index contributed by atoms with van der Waals surface area (Å²) in [4.78, 5) is 31.2. The van der Waals surface area contributed by atoms with Crippen LogP contribution in [0.1, 0.15) is 28.3 Å². The van der Waals surface area contributed by atoms with Gasteiger partial charge in [0.15, 0.2) is 0 Å². The Labute approximate surface area is 179 Å². The Morgan fingerprint density at radius 2 is 2.06 bits per heavy atom. The van der Waals surface area contributed by atoms with Crippen molar-refractivity contribution in [1.29, 1.82) is 0 Å². The minimum atomic E-state index is -0.678. The third-order valence-corrected chi connectivity index (χ3v) is 5.21. The van der Waals surface area contributed by atoms with Crippen molar-refractivity contribution in [2.45, 2.75) is 32.0 Å². The SMILES string of the molecule is COCCc1cc2n(n1)CC[C@@H](NC(=O)c1ncn(Cc3ccccc3)n1)C(=O)N2C. The van der Waals surface area contributed by atoms with Crippen LogP contribution in [-0.2, 0) is 29.0 Å². The lowest BCUT2D eigenvalue weighted by atomic mass is 10.2. The number of nitrogens with one attached hydrogen (secondary N) is 1. The molecule has 1 N–H and O–H groups in total. The molecule has 0 fully saturated rings. The van der Waals surface area contributed by atoms with Gasteiger partial charge in [-0.2, -0.15) is 5.10 Å². The van der Waals surface area contributed by atoms with Crippen molar-refractivity contribution in [3.63, 3.8) is 0 Å². The molecular formula is C21H25N7O3. The molecule has 31 heavy (non-hydrogen) atoms. The van der Waals surface area contributed by atoms with Crippen LogP contribution in [-0.4, -0.2) is 63.2 Å². The second kappa shape index (κ2) is 9.09. The summed E-state index contributed by atoms with van der Waals surface area (Å²) in [6.45, 7) is 1.59. The molecule has 0 radical (unpaired) electrons. The fourth-order valence-electron chi connectivity index (χ4n) is 3.55. The molecular weight excluding hydrogens is 398 g/mol. The maximum atomic E-state index is 12.9. The highest BCUT2D eigenvalue weighted by atomic mass is 16.5. The number of amides is 2. The summed E-state index contributed by atoms with van der Waals surface area (Å²) >= 11 is 0. The largest absolute Gasteiger partial charge is 0.384 e. The van der Waals surface area contributed by atoms with Crippen molar-refractivity contribution >= 4 is 17.6 Å². The number of likely N-dealkylation sites (N-methyl/N-ethyl adjacent to an activating group) is 1. The molecule has 10 heteroatoms. The Kier molecular flexibility index (Phi) is 6.08. The number of methoxy groups -OCH3 is 1. The summed E-state index contributed by atoms with van der Waals surface area (Å²) in [5.74, 6) is 0.0706. The molecule has 2 aromatic heterocycles. The number of hydrogen-bond donors (Lipinski definition) is 1. The van der Waals surface area contributed by atoms with Gasteiger partial charge in [-0.05, 0) is 12.0 Å². The van der Waals surface area contributed by atoms with E-state index in [1.807, 2.05) is 36.4 Å². The lowest BCUT2D eigenvalue weighted by Gasteiger charge is -2.19. The van der Waals surface area contributed by atoms with E-state index in [4.69, 9.17) is 4.74 Å². The topological polar surface area (TPSA) is 107 Å². The molecule has 0 saturated heterocycles. The van der Waals surface area contributed by atoms with Crippen molar-refractivity contribution in [1.82, 2.24) is 29.9 Å². The average Bonchev–Trinajstić information content (AvgIpc) is 3.39. The zero-order valence-corrected chi connectivity index (χ0v) is 17.6. The third kappa shape index (κ3) is 4.64. The molecule has 3 heterocycles. The van der Waals surface area contributed by atoms with Gasteiger partial charge in [0.2, 0.25) is 5.82 Å². The molecule has 0 aliphatic carbocycles. The number of anilines is 1. The third-order valence-electron chi connectivity index (χ3n) is 5.21. The molecule has 0 bridgehead atoms. The number of benzene rings is 1. The molecule has 3 aromatic rings. The van der Waals surface area contributed by atoms with Crippen molar-refractivity contribution in [3.8, 4) is 0 Å². The second-order valence-electron chi connectivity index (χ2n) is 7.42. The van der Waals surface area contributed by atoms with Crippen molar-refractivity contribution in [2.75, 3.05) is 25.7 Å². The predicted molar refractivity (Wildman–Crippen MR) is 113 cm³/mol. The van der Waals surface area contributed by atoms with Gasteiger partial charge in [-0.1, -0.05) is 30.3 Å². The van der Waals surface area contributed by atoms with E-state index in [-0.39, 0.29) is 11.7 Å². The highest BCUT2D eigenvalue weighted by molar-refractivity contribution is 6.00. The van der Waals surface area contributed by atoms with Gasteiger partial charge in [0, 0.05) is 33.2 Å². The zero-order chi connectivity index (χ0) is 21.8. The number of hydrogen-bond acceptors (Lipinski definition) is 6. The standard InChI is InChI=1S/C21H25N7O3/c1-26-18-12-16(9-11-31-2)24-28(18)10-8-17(21(26)30)23-20(29)19-22-14-27(25-19)13-15-6-4-3-5-7-15/h3-7,12,14,17H,8-11,13H2,1-2H3,(H,23,29)/t17-/m1/s1. The number of rotatable bonds is 7. The molecule has 0 spiro atoms. The summed E-state index contributed by atoms with van der Waals surface area (Å²) in [5.41, 5.74) is 1.92. The number of ether oxygens (including phenoxy) is 1. The van der Waals surface area contributed by atoms with Crippen molar-refractivity contribution < 1.29 is 14.3 Å². The Balaban J connectivity index is 1.41. The zero-order valence-electron chi connectivity index (χ0n) is 17.6. The van der Waals surface area contributed by atoms with Crippen LogP contribution in [0.4, 0.5) is 5.82 Å². The Hall–Kier alpha value is -3.53. The lowest BCUT2D eigenvalue weighted by Crippen LogP contribution is -2.47. The fourth-order valence-corrected chi connectivity index (χ4v) is 3.55. The van der Waals surface area contributed by atoms with Gasteiger partial charge in [0.05, 0.1) is 18.8 Å². The van der Waals surface area contributed by atoms with Crippen LogP contribution in [0.2, 0.25) is 0 Å². The normalized spacial score (nSPS) is 16.1. The molecule has 1 aliphatic rings. The second-order valence-corrected chi connectivity index (χ2v) is 7.42. The first-order valence-electron chi connectivity index (χ1n) is 10.1. The van der Waals surface area contributed by atoms with E-state index in [0.717, 1.165) is 11.3 Å². The van der Waals surface area contributed by atoms with E-state index in [1.165, 1.54) is 11.2 Å². The van der Waals surface area contributed by atoms with Gasteiger partial charge in [-0.3, -0.25) is 14.5 Å². The number of carbonyl (C=O) groups is 2. The van der Waals surface area contributed by atoms with Crippen molar-refractivity contribution in [2.24, 2.45) is 0 Å². The van der Waals surface area contributed by atoms with Crippen LogP contribution in [0, 0.1) is 0 Å². The van der Waals surface area contributed by atoms with E-state index in [2.05, 4.69) is 20.5 Å². The number of aryl methyl sites for hydroxylation is 1. The van der Waals surface area contributed by atoms with Crippen molar-refractivity contribution in [3.05, 3.63) is 59.8 Å². The minimum Gasteiger partial charge on any atom is -0.384 e. The molecule has 1 aromatic carbocycles. The van der Waals surface area contributed by atoms with E-state index in [9.17, 15) is 9.59 Å². The molecule has 1 aliphatic heterocycles. The van der Waals surface area contributed by atoms with E-state index < -0.39 is 11.9 Å². The van der Waals surface area contributed by atoms with Crippen LogP contribution in [0.25, 0.3) is 0 Å². The first-order valence-corrected chi connectivity index (χ1v) is 10.1. The number of nitrogens with zero attached hydrogens (tertiary/aromatic N) is 6. The fraction of sp³-hybridized carbons (Fsp3) is 0.381. The van der Waals surface area contributed by atoms with E-state index in [0.29, 0.717) is 38.4 Å². The van der Waals surface area contributed by atoms with Gasteiger partial charge >= 0.3 is 0 Å². The molecule has 2 amide bonds. The van der Waals surface area contributed by atoms with E-state index in [1.54, 1.807) is 23.5 Å². The van der Waals surface area contributed by atoms with Crippen LogP contribution in [0.5, 0.6) is 0 Å². The molecule has 162 valence electrons. The lowest BCUT2D eigenvalue weighted by molar-refractivity contribution is -0.120. The molecule has 1 atom stereocenters. The summed E-state index contributed by atoms with van der Waals surface area (Å²) in [7, 11) is 3.33. The van der Waals surface area contributed by atoms with Crippen LogP contribution >= 0.6 is 0 Å². The highest BCUT2D eigenvalue weighted by Gasteiger charge is 2.31. The van der Waals surface area contributed by atoms with Gasteiger partial charge in [-0.25, -0.2) is 14.3 Å². The number of fused-ring (bicyclic) bond motifs is 1. The monoisotopic (exact) mass is 423 g/mol. The van der Waals surface area contributed by atoms with E-state index >= 15 is 0 Å². The molecule has 10 nitrogen and oxygen atoms in total. The molecule has 0 saturated carbocycles. The Morgan fingerprint density at radius 1 is 1.26 bits per heavy atom. The minimum absolute atomic E-state index is 0.0372. The summed E-state index contributed by atoms with van der Waals surface area (Å²) in [6, 6.07) is 11.0. The maximum absolute atomic E-state index is 12.9. The Bertz CT molecular complexity index is 1060. The predicted octanol–water partition coefficient (Wildman–Crippen LogP) is 0.877. The molecule has 4 rings (SSSR count). The van der Waals surface area contributed by atoms with Crippen LogP contribution in [0.3, 0.4) is 0 Å². The first kappa shape index (κ1) is 20.7. The van der Waals surface area contributed by atoms with Gasteiger partial charge < -0.3 is 10.1 Å². The number of carbonyl (C=O) groups excluding carboxylic acids is 2. The average molecular weight is 423 g/mol. The summed E-state index contributed by atoms with van der Waals surface area (Å²) < 4.78 is 8.49. The summed E-state index contributed by atoms with van der Waals surface area (Å²) in [5, 5.41) is 11.6. The maximum Gasteiger partial charge on any atom is 0.291 e. The Morgan fingerprint density at radius 3 is 2.84 bits per heavy atom. The quantitative estimate of drug-likeness (QED) is 0.605. The smallest absolute Gasteiger partial charge is 0.291 e. The van der Waals surface area contributed by atoms with Gasteiger partial charge in [0.25, 0.3) is 11.8 Å². The number of aromatic nitrogens is 5.